The monoisotopic (exact) mass is 447 g/mol. The van der Waals surface area contributed by atoms with Gasteiger partial charge >= 0.3 is 5.76 Å². The molecule has 0 amide bonds. The Kier molecular flexibility index (Phi) is 5.06. The molecule has 3 atom stereocenters. The van der Waals surface area contributed by atoms with Crippen molar-refractivity contribution < 1.29 is 14.3 Å². The van der Waals surface area contributed by atoms with E-state index in [1.54, 1.807) is 30.3 Å². The number of hydrogen-bond donors (Lipinski definition) is 1. The summed E-state index contributed by atoms with van der Waals surface area (Å²) in [6.07, 6.45) is 1.98. The fourth-order valence-electron chi connectivity index (χ4n) is 4.35. The van der Waals surface area contributed by atoms with Crippen molar-refractivity contribution in [2.24, 2.45) is 0 Å². The fourth-order valence-corrected chi connectivity index (χ4v) is 4.93. The quantitative estimate of drug-likeness (QED) is 0.660. The van der Waals surface area contributed by atoms with E-state index in [0.717, 1.165) is 36.9 Å². The topological polar surface area (TPSA) is 80.7 Å². The van der Waals surface area contributed by atoms with Crippen LogP contribution < -0.4 is 10.5 Å². The second-order valence-corrected chi connectivity index (χ2v) is 8.46. The molecule has 1 fully saturated rings. The zero-order valence-electron chi connectivity index (χ0n) is 15.9. The summed E-state index contributed by atoms with van der Waals surface area (Å²) in [6, 6.07) is 10.8. The van der Waals surface area contributed by atoms with Crippen molar-refractivity contribution >= 4 is 23.2 Å². The minimum Gasteiger partial charge on any atom is -0.484 e. The van der Waals surface area contributed by atoms with Crippen LogP contribution in [0.15, 0.2) is 52.0 Å². The van der Waals surface area contributed by atoms with Crippen LogP contribution in [-0.2, 0) is 6.42 Å². The fraction of sp³-hybridized carbons (Fsp3) is 0.333. The molecule has 7 nitrogen and oxygen atoms in total. The highest BCUT2D eigenvalue weighted by atomic mass is 35.5. The van der Waals surface area contributed by atoms with Gasteiger partial charge in [0.05, 0.1) is 17.8 Å². The number of nitrogens with zero attached hydrogens (tertiary/aromatic N) is 3. The zero-order valence-corrected chi connectivity index (χ0v) is 17.4. The molecule has 2 heterocycles. The molecule has 2 aliphatic rings. The van der Waals surface area contributed by atoms with Crippen molar-refractivity contribution in [2.75, 3.05) is 13.1 Å². The molecule has 9 heteroatoms. The lowest BCUT2D eigenvalue weighted by molar-refractivity contribution is 0.0818. The van der Waals surface area contributed by atoms with E-state index in [1.807, 2.05) is 6.07 Å². The van der Waals surface area contributed by atoms with Crippen LogP contribution in [0, 0.1) is 0 Å². The average molecular weight is 448 g/mol. The van der Waals surface area contributed by atoms with E-state index in [0.29, 0.717) is 28.0 Å². The number of aliphatic hydroxyl groups is 1. The van der Waals surface area contributed by atoms with E-state index in [2.05, 4.69) is 10.00 Å². The Hall–Kier alpha value is -2.32. The molecule has 3 aromatic rings. The van der Waals surface area contributed by atoms with Gasteiger partial charge in [-0.05, 0) is 54.8 Å². The standard InChI is InChI=1S/C21H19Cl2N3O4/c22-12-7-17-16(18(23)8-12)9-19(25-6-5-14(27)10-25)20(17)30-15-3-1-13(2-4-15)26-21(28)29-11-24-26/h1-4,7-8,11,14,19-20,27H,5-6,9-10H2/t14-,19+,20+/m1/s1. The smallest absolute Gasteiger partial charge is 0.441 e. The first-order chi connectivity index (χ1) is 14.5. The Labute approximate surface area is 182 Å². The number of halogens is 2. The highest BCUT2D eigenvalue weighted by Gasteiger charge is 2.41. The number of hydrogen-bond acceptors (Lipinski definition) is 6. The molecule has 1 aliphatic carbocycles. The third kappa shape index (κ3) is 3.52. The van der Waals surface area contributed by atoms with E-state index in [9.17, 15) is 9.90 Å². The predicted molar refractivity (Wildman–Crippen MR) is 112 cm³/mol. The number of ether oxygens (including phenoxy) is 1. The first-order valence-electron chi connectivity index (χ1n) is 9.69. The van der Waals surface area contributed by atoms with Crippen LogP contribution in [0.4, 0.5) is 0 Å². The Morgan fingerprint density at radius 1 is 1.20 bits per heavy atom. The van der Waals surface area contributed by atoms with Crippen molar-refractivity contribution in [3.63, 3.8) is 0 Å². The summed E-state index contributed by atoms with van der Waals surface area (Å²) in [5.41, 5.74) is 2.58. The normalized spacial score (nSPS) is 23.6. The molecular weight excluding hydrogens is 429 g/mol. The van der Waals surface area contributed by atoms with Crippen molar-refractivity contribution in [1.82, 2.24) is 14.7 Å². The van der Waals surface area contributed by atoms with Crippen LogP contribution in [-0.4, -0.2) is 45.0 Å². The summed E-state index contributed by atoms with van der Waals surface area (Å²) in [4.78, 5) is 13.9. The van der Waals surface area contributed by atoms with Crippen molar-refractivity contribution in [1.29, 1.82) is 0 Å². The maximum atomic E-state index is 11.7. The second kappa shape index (κ2) is 7.74. The molecular formula is C21H19Cl2N3O4. The second-order valence-electron chi connectivity index (χ2n) is 7.61. The average Bonchev–Trinajstić information content (AvgIpc) is 3.42. The molecule has 1 aliphatic heterocycles. The molecule has 2 aromatic carbocycles. The van der Waals surface area contributed by atoms with Gasteiger partial charge in [0.25, 0.3) is 0 Å². The molecule has 5 rings (SSSR count). The molecule has 30 heavy (non-hydrogen) atoms. The molecule has 156 valence electrons. The van der Waals surface area contributed by atoms with E-state index < -0.39 is 5.76 Å². The minimum atomic E-state index is -0.551. The van der Waals surface area contributed by atoms with Gasteiger partial charge in [0.1, 0.15) is 11.9 Å². The van der Waals surface area contributed by atoms with Crippen LogP contribution in [0.3, 0.4) is 0 Å². The predicted octanol–water partition coefficient (Wildman–Crippen LogP) is 3.24. The lowest BCUT2D eigenvalue weighted by atomic mass is 10.1. The van der Waals surface area contributed by atoms with Crippen molar-refractivity contribution in [2.45, 2.75) is 31.1 Å². The van der Waals surface area contributed by atoms with Crippen molar-refractivity contribution in [3.8, 4) is 11.4 Å². The zero-order chi connectivity index (χ0) is 20.8. The summed E-state index contributed by atoms with van der Waals surface area (Å²) >= 11 is 12.8. The van der Waals surface area contributed by atoms with Gasteiger partial charge in [0.15, 0.2) is 0 Å². The number of aromatic nitrogens is 2. The molecule has 1 saturated heterocycles. The van der Waals surface area contributed by atoms with Gasteiger partial charge in [0, 0.05) is 28.7 Å². The Morgan fingerprint density at radius 2 is 2.00 bits per heavy atom. The van der Waals surface area contributed by atoms with Gasteiger partial charge in [-0.1, -0.05) is 23.2 Å². The first-order valence-corrected chi connectivity index (χ1v) is 10.4. The van der Waals surface area contributed by atoms with Gasteiger partial charge in [-0.25, -0.2) is 4.79 Å². The van der Waals surface area contributed by atoms with Gasteiger partial charge < -0.3 is 14.3 Å². The lowest BCUT2D eigenvalue weighted by Gasteiger charge is -2.30. The van der Waals surface area contributed by atoms with Crippen LogP contribution >= 0.6 is 23.2 Å². The summed E-state index contributed by atoms with van der Waals surface area (Å²) in [5.74, 6) is 0.0966. The summed E-state index contributed by atoms with van der Waals surface area (Å²) in [7, 11) is 0. The maximum absolute atomic E-state index is 11.7. The largest absolute Gasteiger partial charge is 0.484 e. The van der Waals surface area contributed by atoms with Crippen molar-refractivity contribution in [3.05, 3.63) is 74.5 Å². The van der Waals surface area contributed by atoms with E-state index in [4.69, 9.17) is 32.4 Å². The number of rotatable bonds is 4. The van der Waals surface area contributed by atoms with Crippen LogP contribution in [0.25, 0.3) is 5.69 Å². The van der Waals surface area contributed by atoms with Gasteiger partial charge in [-0.3, -0.25) is 4.90 Å². The molecule has 0 radical (unpaired) electrons. The molecule has 0 unspecified atom stereocenters. The lowest BCUT2D eigenvalue weighted by Crippen LogP contribution is -2.39. The van der Waals surface area contributed by atoms with Gasteiger partial charge in [-0.2, -0.15) is 4.68 Å². The molecule has 0 saturated carbocycles. The number of likely N-dealkylation sites (tertiary alicyclic amines) is 1. The molecule has 0 spiro atoms. The summed E-state index contributed by atoms with van der Waals surface area (Å²) in [6.45, 7) is 1.41. The van der Waals surface area contributed by atoms with E-state index in [-0.39, 0.29) is 18.2 Å². The third-order valence-electron chi connectivity index (χ3n) is 5.76. The maximum Gasteiger partial charge on any atom is 0.441 e. The van der Waals surface area contributed by atoms with Crippen LogP contribution in [0.2, 0.25) is 10.0 Å². The highest BCUT2D eigenvalue weighted by molar-refractivity contribution is 6.35. The van der Waals surface area contributed by atoms with E-state index >= 15 is 0 Å². The molecule has 0 bridgehead atoms. The Balaban J connectivity index is 1.46. The first kappa shape index (κ1) is 19.6. The number of benzene rings is 2. The number of fused-ring (bicyclic) bond motifs is 1. The Bertz CT molecular complexity index is 1130. The highest BCUT2D eigenvalue weighted by Crippen LogP contribution is 2.43. The molecule has 1 N–H and O–H groups in total. The molecule has 1 aromatic heterocycles. The van der Waals surface area contributed by atoms with Gasteiger partial charge in [0.2, 0.25) is 6.39 Å². The Morgan fingerprint density at radius 3 is 2.67 bits per heavy atom. The number of β-amino-alcohol motifs (C(OH)–C–C–N with tert-alkyl or cyclic N) is 1. The summed E-state index contributed by atoms with van der Waals surface area (Å²) < 4.78 is 12.3. The number of aliphatic hydroxyl groups excluding tert-OH is 1. The summed E-state index contributed by atoms with van der Waals surface area (Å²) in [5, 5.41) is 15.1. The van der Waals surface area contributed by atoms with E-state index in [1.165, 1.54) is 4.68 Å². The van der Waals surface area contributed by atoms with Crippen LogP contribution in [0.5, 0.6) is 5.75 Å². The third-order valence-corrected chi connectivity index (χ3v) is 6.32. The van der Waals surface area contributed by atoms with Crippen LogP contribution in [0.1, 0.15) is 23.7 Å². The minimum absolute atomic E-state index is 0.0472. The van der Waals surface area contributed by atoms with Gasteiger partial charge in [-0.15, -0.1) is 5.10 Å². The SMILES string of the molecule is O=c1ocnn1-c1ccc(O[C@H]2c3cc(Cl)cc(Cl)c3C[C@@H]2N2CC[C@@H](O)C2)cc1.